The van der Waals surface area contributed by atoms with Gasteiger partial charge >= 0.3 is 0 Å². The van der Waals surface area contributed by atoms with Crippen molar-refractivity contribution in [3.05, 3.63) is 46.6 Å². The molecule has 38 heavy (non-hydrogen) atoms. The average Bonchev–Trinajstić information content (AvgIpc) is 3.46. The van der Waals surface area contributed by atoms with E-state index < -0.39 is 0 Å². The highest BCUT2D eigenvalue weighted by Gasteiger charge is 2.47. The fourth-order valence-corrected chi connectivity index (χ4v) is 6.95. The second-order valence-electron chi connectivity index (χ2n) is 10.7. The summed E-state index contributed by atoms with van der Waals surface area (Å²) in [6.45, 7) is 3.63. The van der Waals surface area contributed by atoms with E-state index in [2.05, 4.69) is 43.7 Å². The third kappa shape index (κ3) is 4.83. The first kappa shape index (κ1) is 25.4. The molecule has 4 N–H and O–H groups in total. The Kier molecular flexibility index (Phi) is 7.16. The Morgan fingerprint density at radius 3 is 2.84 bits per heavy atom. The number of halogens is 1. The number of morpholine rings is 1. The number of methoxy groups -OCH3 is 1. The average molecular weight is 539 g/mol. The van der Waals surface area contributed by atoms with Gasteiger partial charge in [0.1, 0.15) is 10.8 Å². The van der Waals surface area contributed by atoms with Gasteiger partial charge in [-0.1, -0.05) is 29.8 Å². The minimum Gasteiger partial charge on any atom is -0.494 e. The van der Waals surface area contributed by atoms with Crippen LogP contribution in [0.25, 0.3) is 0 Å². The fourth-order valence-electron chi connectivity index (χ4n) is 6.80. The smallest absolute Gasteiger partial charge is 0.229 e. The first-order valence-corrected chi connectivity index (χ1v) is 13.9. The van der Waals surface area contributed by atoms with Crippen molar-refractivity contribution in [3.63, 3.8) is 0 Å². The molecule has 0 unspecified atom stereocenters. The lowest BCUT2D eigenvalue weighted by Crippen LogP contribution is -2.44. The predicted octanol–water partition coefficient (Wildman–Crippen LogP) is 3.55. The van der Waals surface area contributed by atoms with Crippen LogP contribution in [-0.2, 0) is 22.4 Å². The summed E-state index contributed by atoms with van der Waals surface area (Å²) >= 11 is 6.47. The molecule has 10 heteroatoms. The van der Waals surface area contributed by atoms with Crippen molar-refractivity contribution in [2.45, 2.75) is 44.2 Å². The van der Waals surface area contributed by atoms with E-state index in [0.717, 1.165) is 63.4 Å². The van der Waals surface area contributed by atoms with Crippen LogP contribution in [0.5, 0.6) is 5.75 Å². The van der Waals surface area contributed by atoms with E-state index in [1.165, 1.54) is 17.5 Å². The minimum absolute atomic E-state index is 0.135. The molecule has 6 rings (SSSR count). The third-order valence-electron chi connectivity index (χ3n) is 8.63. The Balaban J connectivity index is 1.22. The normalized spacial score (nSPS) is 28.5. The number of allylic oxidation sites excluding steroid dienone is 1. The number of nitrogens with one attached hydrogen (secondary N) is 2. The van der Waals surface area contributed by atoms with Crippen LogP contribution in [0.15, 0.2) is 30.5 Å². The Morgan fingerprint density at radius 2 is 2.05 bits per heavy atom. The van der Waals surface area contributed by atoms with E-state index in [1.807, 2.05) is 6.07 Å². The number of aromatic nitrogens is 2. The SMILES string of the molecule is COc1c(Nc2ncc(Cl)c(N[C@H]3[C@@H](C(N)=O)[C@@H]4C=C[C@H]3C4)n2)ccc2c1CCC[C@@H](N1CCOCC1)C2. The molecule has 9 nitrogen and oxygen atoms in total. The molecule has 4 aliphatic rings. The highest BCUT2D eigenvalue weighted by atomic mass is 35.5. The van der Waals surface area contributed by atoms with Crippen LogP contribution in [0.4, 0.5) is 17.5 Å². The van der Waals surface area contributed by atoms with Crippen LogP contribution in [0.2, 0.25) is 5.02 Å². The second kappa shape index (κ2) is 10.7. The molecule has 2 bridgehead atoms. The van der Waals surface area contributed by atoms with E-state index in [1.54, 1.807) is 13.3 Å². The summed E-state index contributed by atoms with van der Waals surface area (Å²) in [6.07, 6.45) is 11.0. The van der Waals surface area contributed by atoms with Crippen molar-refractivity contribution >= 4 is 35.0 Å². The minimum atomic E-state index is -0.298. The van der Waals surface area contributed by atoms with Gasteiger partial charge in [-0.3, -0.25) is 9.69 Å². The van der Waals surface area contributed by atoms with Crippen molar-refractivity contribution in [2.24, 2.45) is 23.5 Å². The molecule has 0 spiro atoms. The fraction of sp³-hybridized carbons (Fsp3) is 0.536. The number of carbonyl (C=O) groups is 1. The number of nitrogens with zero attached hydrogens (tertiary/aromatic N) is 3. The summed E-state index contributed by atoms with van der Waals surface area (Å²) in [5.41, 5.74) is 9.14. The molecule has 2 fully saturated rings. The second-order valence-corrected chi connectivity index (χ2v) is 11.2. The predicted molar refractivity (Wildman–Crippen MR) is 147 cm³/mol. The first-order valence-electron chi connectivity index (χ1n) is 13.6. The van der Waals surface area contributed by atoms with Crippen LogP contribution in [0.1, 0.15) is 30.4 Å². The van der Waals surface area contributed by atoms with E-state index in [9.17, 15) is 4.79 Å². The van der Waals surface area contributed by atoms with Gasteiger partial charge < -0.3 is 25.8 Å². The van der Waals surface area contributed by atoms with Crippen molar-refractivity contribution in [1.82, 2.24) is 14.9 Å². The Morgan fingerprint density at radius 1 is 1.24 bits per heavy atom. The Bertz CT molecular complexity index is 1230. The van der Waals surface area contributed by atoms with Gasteiger partial charge in [0.05, 0.1) is 38.1 Å². The van der Waals surface area contributed by atoms with Crippen LogP contribution in [0, 0.1) is 17.8 Å². The van der Waals surface area contributed by atoms with Gasteiger partial charge in [0.2, 0.25) is 11.9 Å². The molecule has 1 aromatic heterocycles. The number of ether oxygens (including phenoxy) is 2. The monoisotopic (exact) mass is 538 g/mol. The number of benzene rings is 1. The lowest BCUT2D eigenvalue weighted by molar-refractivity contribution is -0.122. The van der Waals surface area contributed by atoms with E-state index >= 15 is 0 Å². The molecule has 1 aromatic carbocycles. The summed E-state index contributed by atoms with van der Waals surface area (Å²) < 4.78 is 11.5. The zero-order chi connectivity index (χ0) is 26.2. The number of hydrogen-bond acceptors (Lipinski definition) is 8. The largest absolute Gasteiger partial charge is 0.494 e. The van der Waals surface area contributed by atoms with Gasteiger partial charge in [-0.05, 0) is 61.1 Å². The zero-order valence-corrected chi connectivity index (χ0v) is 22.4. The Labute approximate surface area is 228 Å². The Hall–Kier alpha value is -2.88. The summed E-state index contributed by atoms with van der Waals surface area (Å²) in [7, 11) is 1.72. The first-order chi connectivity index (χ1) is 18.5. The topological polar surface area (TPSA) is 115 Å². The van der Waals surface area contributed by atoms with Crippen molar-refractivity contribution in [2.75, 3.05) is 44.0 Å². The van der Waals surface area contributed by atoms with Gasteiger partial charge in [0, 0.05) is 25.2 Å². The quantitative estimate of drug-likeness (QED) is 0.362. The number of primary amides is 1. The molecule has 2 aromatic rings. The number of nitrogens with two attached hydrogens (primary N) is 1. The zero-order valence-electron chi connectivity index (χ0n) is 21.7. The molecule has 1 saturated carbocycles. The van der Waals surface area contributed by atoms with Gasteiger partial charge in [0.15, 0.2) is 5.82 Å². The molecular formula is C28H35ClN6O3. The lowest BCUT2D eigenvalue weighted by atomic mass is 9.88. The van der Waals surface area contributed by atoms with Gasteiger partial charge in [-0.15, -0.1) is 0 Å². The van der Waals surface area contributed by atoms with E-state index in [-0.39, 0.29) is 29.7 Å². The summed E-state index contributed by atoms with van der Waals surface area (Å²) in [4.78, 5) is 23.8. The molecular weight excluding hydrogens is 504 g/mol. The van der Waals surface area contributed by atoms with Crippen molar-refractivity contribution in [1.29, 1.82) is 0 Å². The number of anilines is 3. The molecule has 1 aliphatic heterocycles. The number of amides is 1. The van der Waals surface area contributed by atoms with E-state index in [0.29, 0.717) is 22.8 Å². The van der Waals surface area contributed by atoms with Crippen molar-refractivity contribution in [3.8, 4) is 5.75 Å². The molecule has 202 valence electrons. The maximum atomic E-state index is 12.2. The molecule has 0 radical (unpaired) electrons. The van der Waals surface area contributed by atoms with Gasteiger partial charge in [-0.25, -0.2) is 4.98 Å². The number of fused-ring (bicyclic) bond motifs is 3. The molecule has 2 heterocycles. The van der Waals surface area contributed by atoms with Crippen LogP contribution < -0.4 is 21.1 Å². The number of hydrogen-bond donors (Lipinski definition) is 3. The highest BCUT2D eigenvalue weighted by Crippen LogP contribution is 2.45. The van der Waals surface area contributed by atoms with Crippen LogP contribution in [-0.4, -0.2) is 66.3 Å². The maximum absolute atomic E-state index is 12.2. The van der Waals surface area contributed by atoms with E-state index in [4.69, 9.17) is 26.8 Å². The molecule has 1 saturated heterocycles. The summed E-state index contributed by atoms with van der Waals surface area (Å²) in [5, 5.41) is 7.15. The van der Waals surface area contributed by atoms with Gasteiger partial charge in [0.25, 0.3) is 0 Å². The maximum Gasteiger partial charge on any atom is 0.229 e. The van der Waals surface area contributed by atoms with Gasteiger partial charge in [-0.2, -0.15) is 4.98 Å². The summed E-state index contributed by atoms with van der Waals surface area (Å²) in [6, 6.07) is 4.65. The molecule has 1 amide bonds. The standard InChI is InChI=1S/C28H35ClN6O3/c1-37-25-20-4-2-3-19(35-9-11-38-12-10-35)14-16(20)7-8-22(25)32-28-31-15-21(29)27(34-28)33-24-18-6-5-17(13-18)23(24)26(30)36/h5-8,15,17-19,23-24H,2-4,9-14H2,1H3,(H2,30,36)(H2,31,32,33,34)/t17-,18+,19-,23+,24-/m1/s1. The summed E-state index contributed by atoms with van der Waals surface area (Å²) in [5.74, 6) is 1.55. The molecule has 3 aliphatic carbocycles. The van der Waals surface area contributed by atoms with Crippen LogP contribution >= 0.6 is 11.6 Å². The number of rotatable bonds is 7. The number of carbonyl (C=O) groups excluding carboxylic acids is 1. The highest BCUT2D eigenvalue weighted by molar-refractivity contribution is 6.32. The van der Waals surface area contributed by atoms with Crippen molar-refractivity contribution < 1.29 is 14.3 Å². The van der Waals surface area contributed by atoms with Crippen LogP contribution in [0.3, 0.4) is 0 Å². The lowest BCUT2D eigenvalue weighted by Gasteiger charge is -2.34. The third-order valence-corrected chi connectivity index (χ3v) is 8.90. The molecule has 5 atom stereocenters.